The van der Waals surface area contributed by atoms with Crippen molar-refractivity contribution in [3.63, 3.8) is 0 Å². The van der Waals surface area contributed by atoms with Crippen molar-refractivity contribution in [3.8, 4) is 0 Å². The van der Waals surface area contributed by atoms with Crippen molar-refractivity contribution in [2.45, 2.75) is 219 Å². The molecule has 0 saturated carbocycles. The van der Waals surface area contributed by atoms with Gasteiger partial charge in [-0.25, -0.2) is 5.26 Å². The van der Waals surface area contributed by atoms with Gasteiger partial charge in [0.2, 0.25) is 0 Å². The number of rotatable bonds is 44. The van der Waals surface area contributed by atoms with E-state index in [1.165, 1.54) is 141 Å². The third kappa shape index (κ3) is 41.8. The molecule has 0 aromatic carbocycles. The fourth-order valence-corrected chi connectivity index (χ4v) is 7.29. The van der Waals surface area contributed by atoms with Crippen molar-refractivity contribution in [3.05, 3.63) is 0 Å². The Hall–Kier alpha value is -0.910. The van der Waals surface area contributed by atoms with Crippen LogP contribution < -0.4 is 10.8 Å². The third-order valence-electron chi connectivity index (χ3n) is 9.62. The molecule has 3 N–H and O–H groups in total. The highest BCUT2D eigenvalue weighted by Gasteiger charge is 2.17. The van der Waals surface area contributed by atoms with Crippen LogP contribution in [0.15, 0.2) is 0 Å². The number of carbonyl (C=O) groups is 2. The van der Waals surface area contributed by atoms with Crippen LogP contribution in [0.5, 0.6) is 0 Å². The topological polar surface area (TPSA) is 115 Å². The first kappa shape index (κ1) is 51.1. The minimum atomic E-state index is -0.374. The van der Waals surface area contributed by atoms with Gasteiger partial charge in [-0.15, -0.1) is 4.99 Å². The van der Waals surface area contributed by atoms with Gasteiger partial charge in [-0.1, -0.05) is 173 Å². The highest BCUT2D eigenvalue weighted by Crippen LogP contribution is 2.15. The number of hydroxylamine groups is 1. The molecule has 9 nitrogen and oxygen atoms in total. The zero-order chi connectivity index (χ0) is 37.8. The van der Waals surface area contributed by atoms with Crippen molar-refractivity contribution in [2.75, 3.05) is 37.7 Å². The van der Waals surface area contributed by atoms with Crippen molar-refractivity contribution >= 4 is 23.7 Å². The monoisotopic (exact) mass is 761 g/mol. The van der Waals surface area contributed by atoms with Crippen LogP contribution in [-0.2, 0) is 29.1 Å². The van der Waals surface area contributed by atoms with Crippen molar-refractivity contribution in [1.82, 2.24) is 10.8 Å². The van der Waals surface area contributed by atoms with E-state index in [0.717, 1.165) is 63.8 Å². The molecule has 0 heterocycles. The second-order valence-electron chi connectivity index (χ2n) is 14.7. The summed E-state index contributed by atoms with van der Waals surface area (Å²) in [6.07, 6.45) is 36.0. The molecule has 0 aliphatic heterocycles. The zero-order valence-electron chi connectivity index (χ0n) is 34.0. The van der Waals surface area contributed by atoms with Gasteiger partial charge in [0.25, 0.3) is 0 Å². The molecule has 0 aromatic heterocycles. The van der Waals surface area contributed by atoms with Crippen molar-refractivity contribution in [2.24, 2.45) is 0 Å². The average Bonchev–Trinajstić information content (AvgIpc) is 3.14. The van der Waals surface area contributed by atoms with Crippen LogP contribution >= 0.6 is 11.8 Å². The van der Waals surface area contributed by atoms with Gasteiger partial charge in [-0.2, -0.15) is 17.2 Å². The predicted octanol–water partition coefficient (Wildman–Crippen LogP) is 11.8. The normalized spacial score (nSPS) is 12.0. The summed E-state index contributed by atoms with van der Waals surface area (Å²) in [7, 11) is 0. The molecule has 0 rings (SSSR count). The van der Waals surface area contributed by atoms with E-state index in [0.29, 0.717) is 25.1 Å². The summed E-state index contributed by atoms with van der Waals surface area (Å²) in [6, 6.07) is 0. The lowest BCUT2D eigenvalue weighted by molar-refractivity contribution is -0.514. The molecule has 10 heteroatoms. The molecule has 52 heavy (non-hydrogen) atoms. The lowest BCUT2D eigenvalue weighted by Gasteiger charge is -2.18. The van der Waals surface area contributed by atoms with Gasteiger partial charge in [-0.3, -0.25) is 9.59 Å². The molecule has 1 unspecified atom stereocenters. The molecular formula is C42H84N2O7S. The van der Waals surface area contributed by atoms with Crippen LogP contribution in [-0.4, -0.2) is 61.0 Å². The lowest BCUT2D eigenvalue weighted by atomic mass is 10.1. The second-order valence-corrected chi connectivity index (χ2v) is 15.9. The van der Waals surface area contributed by atoms with Crippen LogP contribution in [0.2, 0.25) is 0 Å². The summed E-state index contributed by atoms with van der Waals surface area (Å²) in [5.74, 6) is 1.34. The van der Waals surface area contributed by atoms with Crippen LogP contribution in [0.25, 0.3) is 0 Å². The first-order valence-electron chi connectivity index (χ1n) is 22.0. The number of esters is 2. The van der Waals surface area contributed by atoms with E-state index < -0.39 is 0 Å². The molecule has 0 amide bonds. The van der Waals surface area contributed by atoms with Crippen molar-refractivity contribution < 1.29 is 34.3 Å². The minimum Gasteiger partial charge on any atom is -0.462 e. The number of hydrogen-bond donors (Lipinski definition) is 3. The fourth-order valence-electron chi connectivity index (χ4n) is 6.35. The van der Waals surface area contributed by atoms with E-state index in [1.807, 2.05) is 0 Å². The van der Waals surface area contributed by atoms with Gasteiger partial charge in [0.1, 0.15) is 12.7 Å². The Labute approximate surface area is 324 Å². The molecule has 0 aliphatic rings. The SMILES string of the molecule is CCCCCCCCCCCC(=O)OCC(CSCCCNCCCCCCCCCCCCNOOO)OC(=O)CCCCCCCCCCC. The highest BCUT2D eigenvalue weighted by molar-refractivity contribution is 7.99. The summed E-state index contributed by atoms with van der Waals surface area (Å²) >= 11 is 1.79. The summed E-state index contributed by atoms with van der Waals surface area (Å²) in [5.41, 5.74) is 2.52. The molecule has 0 bridgehead atoms. The number of carbonyl (C=O) groups excluding carboxylic acids is 2. The number of unbranched alkanes of at least 4 members (excludes halogenated alkanes) is 25. The van der Waals surface area contributed by atoms with Gasteiger partial charge >= 0.3 is 11.9 Å². The second kappa shape index (κ2) is 44.5. The van der Waals surface area contributed by atoms with Crippen LogP contribution in [0, 0.1) is 0 Å². The fraction of sp³-hybridized carbons (Fsp3) is 0.952. The van der Waals surface area contributed by atoms with Gasteiger partial charge in [0, 0.05) is 25.1 Å². The van der Waals surface area contributed by atoms with Crippen LogP contribution in [0.3, 0.4) is 0 Å². The number of ether oxygens (including phenoxy) is 2. The van der Waals surface area contributed by atoms with Crippen LogP contribution in [0.4, 0.5) is 0 Å². The average molecular weight is 761 g/mol. The standard InChI is InChI=1S/C42H84N2O7S/c1-3-5-7-9-11-15-19-23-27-32-41(45)48-38-40(49-42(46)33-28-24-20-16-12-10-8-6-4-2)39-52-37-31-35-43-34-29-25-21-17-13-14-18-22-26-30-36-44-50-51-47/h40,43-44,47H,3-39H2,1-2H3. The summed E-state index contributed by atoms with van der Waals surface area (Å²) in [6.45, 7) is 7.41. The molecule has 1 atom stereocenters. The van der Waals surface area contributed by atoms with Gasteiger partial charge in [-0.05, 0) is 50.9 Å². The smallest absolute Gasteiger partial charge is 0.306 e. The van der Waals surface area contributed by atoms with Crippen LogP contribution in [0.1, 0.15) is 213 Å². The molecule has 310 valence electrons. The summed E-state index contributed by atoms with van der Waals surface area (Å²) in [5, 5.41) is 15.1. The maximum absolute atomic E-state index is 12.7. The molecule has 0 aliphatic carbocycles. The molecule has 0 spiro atoms. The Kier molecular flexibility index (Phi) is 43.7. The third-order valence-corrected chi connectivity index (χ3v) is 10.8. The largest absolute Gasteiger partial charge is 0.462 e. The maximum Gasteiger partial charge on any atom is 0.306 e. The molecule has 0 aromatic rings. The first-order chi connectivity index (χ1) is 25.6. The maximum atomic E-state index is 12.7. The summed E-state index contributed by atoms with van der Waals surface area (Å²) in [4.78, 5) is 29.4. The van der Waals surface area contributed by atoms with Gasteiger partial charge in [0.05, 0.1) is 0 Å². The molecule has 0 fully saturated rings. The highest BCUT2D eigenvalue weighted by atomic mass is 32.2. The summed E-state index contributed by atoms with van der Waals surface area (Å²) < 4.78 is 11.5. The molecule has 0 saturated heterocycles. The van der Waals surface area contributed by atoms with Gasteiger partial charge < -0.3 is 14.8 Å². The Morgan fingerprint density at radius 1 is 0.538 bits per heavy atom. The quantitative estimate of drug-likeness (QED) is 0.0240. The van der Waals surface area contributed by atoms with E-state index in [4.69, 9.17) is 14.7 Å². The predicted molar refractivity (Wildman–Crippen MR) is 218 cm³/mol. The zero-order valence-corrected chi connectivity index (χ0v) is 34.9. The van der Waals surface area contributed by atoms with Gasteiger partial charge in [0.15, 0.2) is 0 Å². The Balaban J connectivity index is 4.07. The molecule has 0 radical (unpaired) electrons. The Morgan fingerprint density at radius 2 is 0.962 bits per heavy atom. The lowest BCUT2D eigenvalue weighted by Crippen LogP contribution is -2.28. The first-order valence-corrected chi connectivity index (χ1v) is 23.1. The Morgan fingerprint density at radius 3 is 1.46 bits per heavy atom. The van der Waals surface area contributed by atoms with E-state index in [9.17, 15) is 9.59 Å². The Bertz CT molecular complexity index is 734. The number of hydrogen-bond acceptors (Lipinski definition) is 10. The van der Waals surface area contributed by atoms with E-state index in [-0.39, 0.29) is 24.6 Å². The number of nitrogens with one attached hydrogen (secondary N) is 2. The van der Waals surface area contributed by atoms with E-state index >= 15 is 0 Å². The van der Waals surface area contributed by atoms with E-state index in [1.54, 1.807) is 11.8 Å². The van der Waals surface area contributed by atoms with E-state index in [2.05, 4.69) is 34.7 Å². The van der Waals surface area contributed by atoms with Crippen molar-refractivity contribution in [1.29, 1.82) is 0 Å². The number of thioether (sulfide) groups is 1. The molecular weight excluding hydrogens is 677 g/mol. The minimum absolute atomic E-state index is 0.156.